The van der Waals surface area contributed by atoms with Crippen LogP contribution in [-0.4, -0.2) is 26.9 Å². The monoisotopic (exact) mass is 431 g/mol. The Morgan fingerprint density at radius 3 is 2.58 bits per heavy atom. The summed E-state index contributed by atoms with van der Waals surface area (Å²) in [5, 5.41) is 0.542. The number of aryl methyl sites for hydroxylation is 2. The zero-order chi connectivity index (χ0) is 21.8. The van der Waals surface area contributed by atoms with E-state index in [4.69, 9.17) is 0 Å². The Bertz CT molecular complexity index is 1260. The summed E-state index contributed by atoms with van der Waals surface area (Å²) in [6, 6.07) is 19.8. The Morgan fingerprint density at radius 2 is 1.84 bits per heavy atom. The first-order valence-corrected chi connectivity index (χ1v) is 11.1. The molecule has 4 rings (SSSR count). The van der Waals surface area contributed by atoms with Crippen LogP contribution in [0.4, 0.5) is 0 Å². The summed E-state index contributed by atoms with van der Waals surface area (Å²) in [5.41, 5.74) is 2.64. The van der Waals surface area contributed by atoms with Crippen LogP contribution in [0.5, 0.6) is 0 Å². The molecular formula is C25H25N3O2S. The van der Waals surface area contributed by atoms with Gasteiger partial charge in [-0.2, -0.15) is 0 Å². The van der Waals surface area contributed by atoms with E-state index in [1.807, 2.05) is 42.2 Å². The van der Waals surface area contributed by atoms with Gasteiger partial charge in [-0.25, -0.2) is 4.98 Å². The number of fused-ring (bicyclic) bond motifs is 1. The molecule has 31 heavy (non-hydrogen) atoms. The van der Waals surface area contributed by atoms with E-state index in [1.54, 1.807) is 17.4 Å². The van der Waals surface area contributed by atoms with Crippen molar-refractivity contribution in [3.05, 3.63) is 98.2 Å². The maximum absolute atomic E-state index is 13.2. The molecule has 0 aliphatic carbocycles. The molecule has 0 saturated carbocycles. The molecule has 5 nitrogen and oxygen atoms in total. The van der Waals surface area contributed by atoms with Crippen LogP contribution in [0.15, 0.2) is 71.8 Å². The molecular weight excluding hydrogens is 406 g/mol. The molecule has 0 unspecified atom stereocenters. The quantitative estimate of drug-likeness (QED) is 0.437. The van der Waals surface area contributed by atoms with Gasteiger partial charge in [-0.05, 0) is 49.6 Å². The van der Waals surface area contributed by atoms with E-state index >= 15 is 0 Å². The molecule has 0 fully saturated rings. The first-order chi connectivity index (χ1) is 15.0. The third-order valence-corrected chi connectivity index (χ3v) is 6.35. The molecule has 6 heteroatoms. The minimum Gasteiger partial charge on any atom is -0.336 e. The van der Waals surface area contributed by atoms with E-state index in [0.717, 1.165) is 16.9 Å². The van der Waals surface area contributed by atoms with E-state index in [1.165, 1.54) is 21.3 Å². The van der Waals surface area contributed by atoms with Crippen molar-refractivity contribution in [3.8, 4) is 0 Å². The highest BCUT2D eigenvalue weighted by Gasteiger charge is 2.17. The molecule has 0 N–H and O–H groups in total. The van der Waals surface area contributed by atoms with Crippen LogP contribution in [0.3, 0.4) is 0 Å². The maximum atomic E-state index is 13.2. The molecule has 1 amide bonds. The van der Waals surface area contributed by atoms with Crippen LogP contribution in [0, 0.1) is 13.8 Å². The van der Waals surface area contributed by atoms with Gasteiger partial charge in [0.05, 0.1) is 23.8 Å². The summed E-state index contributed by atoms with van der Waals surface area (Å²) in [6.07, 6.45) is 2.25. The largest absolute Gasteiger partial charge is 0.336 e. The minimum absolute atomic E-state index is 0.0190. The number of para-hydroxylation sites is 1. The zero-order valence-corrected chi connectivity index (χ0v) is 18.6. The molecule has 158 valence electrons. The fraction of sp³-hybridized carbons (Fsp3) is 0.240. The SMILES string of the molecule is Cc1ccc(CN(CCc2ccccc2)C(=O)Cn2cnc3c(C)cccc3c2=O)s1. The van der Waals surface area contributed by atoms with Gasteiger partial charge in [0.25, 0.3) is 5.56 Å². The molecule has 4 aromatic rings. The van der Waals surface area contributed by atoms with Crippen molar-refractivity contribution in [2.45, 2.75) is 33.4 Å². The summed E-state index contributed by atoms with van der Waals surface area (Å²) in [4.78, 5) is 34.8. The number of carbonyl (C=O) groups excluding carboxylic acids is 1. The van der Waals surface area contributed by atoms with Crippen LogP contribution in [0.2, 0.25) is 0 Å². The standard InChI is InChI=1S/C25H25N3O2S/c1-18-7-6-10-22-24(18)26-17-28(25(22)30)16-23(29)27(15-21-12-11-19(2)31-21)14-13-20-8-4-3-5-9-20/h3-12,17H,13-16H2,1-2H3. The predicted molar refractivity (Wildman–Crippen MR) is 125 cm³/mol. The average Bonchev–Trinajstić information content (AvgIpc) is 3.19. The highest BCUT2D eigenvalue weighted by Crippen LogP contribution is 2.18. The van der Waals surface area contributed by atoms with Crippen molar-refractivity contribution in [1.29, 1.82) is 0 Å². The number of thiophene rings is 1. The van der Waals surface area contributed by atoms with Gasteiger partial charge in [0.1, 0.15) is 6.54 Å². The molecule has 2 aromatic carbocycles. The molecule has 0 aliphatic rings. The normalized spacial score (nSPS) is 11.0. The summed E-state index contributed by atoms with van der Waals surface area (Å²) < 4.78 is 1.42. The van der Waals surface area contributed by atoms with Crippen LogP contribution in [0.25, 0.3) is 10.9 Å². The number of hydrogen-bond acceptors (Lipinski definition) is 4. The molecule has 0 spiro atoms. The maximum Gasteiger partial charge on any atom is 0.261 e. The highest BCUT2D eigenvalue weighted by atomic mass is 32.1. The zero-order valence-electron chi connectivity index (χ0n) is 17.7. The summed E-state index contributed by atoms with van der Waals surface area (Å²) in [7, 11) is 0. The molecule has 0 bridgehead atoms. The summed E-state index contributed by atoms with van der Waals surface area (Å²) in [5.74, 6) is -0.0853. The molecule has 0 aliphatic heterocycles. The molecule has 2 heterocycles. The van der Waals surface area contributed by atoms with E-state index in [2.05, 4.69) is 36.2 Å². The Hall–Kier alpha value is -3.25. The van der Waals surface area contributed by atoms with E-state index < -0.39 is 0 Å². The number of hydrogen-bond donors (Lipinski definition) is 0. The number of amides is 1. The third kappa shape index (κ3) is 4.91. The molecule has 2 aromatic heterocycles. The minimum atomic E-state index is -0.183. The fourth-order valence-corrected chi connectivity index (χ4v) is 4.56. The van der Waals surface area contributed by atoms with Gasteiger partial charge in [-0.3, -0.25) is 14.2 Å². The lowest BCUT2D eigenvalue weighted by molar-refractivity contribution is -0.132. The number of benzene rings is 2. The van der Waals surface area contributed by atoms with Crippen LogP contribution >= 0.6 is 11.3 Å². The van der Waals surface area contributed by atoms with E-state index in [0.29, 0.717) is 24.0 Å². The van der Waals surface area contributed by atoms with E-state index in [-0.39, 0.29) is 18.0 Å². The van der Waals surface area contributed by atoms with Gasteiger partial charge < -0.3 is 4.90 Å². The Morgan fingerprint density at radius 1 is 1.03 bits per heavy atom. The number of aromatic nitrogens is 2. The molecule has 0 saturated heterocycles. The van der Waals surface area contributed by atoms with Crippen LogP contribution < -0.4 is 5.56 Å². The fourth-order valence-electron chi connectivity index (χ4n) is 3.65. The average molecular weight is 432 g/mol. The second kappa shape index (κ2) is 9.27. The second-order valence-electron chi connectivity index (χ2n) is 7.71. The van der Waals surface area contributed by atoms with Gasteiger partial charge in [-0.1, -0.05) is 42.5 Å². The van der Waals surface area contributed by atoms with Crippen molar-refractivity contribution >= 4 is 28.1 Å². The van der Waals surface area contributed by atoms with Gasteiger partial charge in [0.2, 0.25) is 5.91 Å². The van der Waals surface area contributed by atoms with Gasteiger partial charge in [0, 0.05) is 16.3 Å². The lowest BCUT2D eigenvalue weighted by atomic mass is 10.1. The Balaban J connectivity index is 1.56. The van der Waals surface area contributed by atoms with Crippen molar-refractivity contribution in [3.63, 3.8) is 0 Å². The third-order valence-electron chi connectivity index (χ3n) is 5.37. The Labute approximate surface area is 185 Å². The van der Waals surface area contributed by atoms with Crippen molar-refractivity contribution < 1.29 is 4.79 Å². The topological polar surface area (TPSA) is 55.2 Å². The number of nitrogens with zero attached hydrogens (tertiary/aromatic N) is 3. The lowest BCUT2D eigenvalue weighted by Crippen LogP contribution is -2.37. The first-order valence-electron chi connectivity index (χ1n) is 10.3. The van der Waals surface area contributed by atoms with Crippen molar-refractivity contribution in [1.82, 2.24) is 14.5 Å². The lowest BCUT2D eigenvalue weighted by Gasteiger charge is -2.23. The number of carbonyl (C=O) groups is 1. The summed E-state index contributed by atoms with van der Waals surface area (Å²) in [6.45, 7) is 5.10. The predicted octanol–water partition coefficient (Wildman–Crippen LogP) is 4.35. The first kappa shape index (κ1) is 21.0. The summed E-state index contributed by atoms with van der Waals surface area (Å²) >= 11 is 1.69. The van der Waals surface area contributed by atoms with Gasteiger partial charge >= 0.3 is 0 Å². The smallest absolute Gasteiger partial charge is 0.261 e. The van der Waals surface area contributed by atoms with Crippen molar-refractivity contribution in [2.75, 3.05) is 6.54 Å². The number of rotatable bonds is 7. The van der Waals surface area contributed by atoms with Crippen LogP contribution in [0.1, 0.15) is 20.9 Å². The molecule has 0 radical (unpaired) electrons. The highest BCUT2D eigenvalue weighted by molar-refractivity contribution is 7.11. The Kier molecular flexibility index (Phi) is 6.28. The van der Waals surface area contributed by atoms with Crippen LogP contribution in [-0.2, 0) is 24.3 Å². The van der Waals surface area contributed by atoms with Gasteiger partial charge in [-0.15, -0.1) is 11.3 Å². The molecule has 0 atom stereocenters. The van der Waals surface area contributed by atoms with Gasteiger partial charge in [0.15, 0.2) is 0 Å². The second-order valence-corrected chi connectivity index (χ2v) is 9.08. The van der Waals surface area contributed by atoms with E-state index in [9.17, 15) is 9.59 Å². The van der Waals surface area contributed by atoms with Crippen molar-refractivity contribution in [2.24, 2.45) is 0 Å².